The Bertz CT molecular complexity index is 459. The molecular formula is C15H20F4O4. The second-order valence-corrected chi connectivity index (χ2v) is 5.32. The molecule has 0 aromatic heterocycles. The predicted octanol–water partition coefficient (Wildman–Crippen LogP) is 3.78. The van der Waals surface area contributed by atoms with Gasteiger partial charge in [-0.15, -0.1) is 0 Å². The maximum Gasteiger partial charge on any atom is 0.425 e. The lowest BCUT2D eigenvalue weighted by Crippen LogP contribution is -2.41. The van der Waals surface area contributed by atoms with Crippen molar-refractivity contribution in [3.05, 3.63) is 24.0 Å². The van der Waals surface area contributed by atoms with Gasteiger partial charge in [0.25, 0.3) is 0 Å². The zero-order chi connectivity index (χ0) is 17.5. The number of alkyl halides is 4. The summed E-state index contributed by atoms with van der Waals surface area (Å²) >= 11 is 0. The van der Waals surface area contributed by atoms with Crippen LogP contribution in [0.4, 0.5) is 17.6 Å². The molecule has 1 rings (SSSR count). The van der Waals surface area contributed by atoms with E-state index in [1.54, 1.807) is 0 Å². The summed E-state index contributed by atoms with van der Waals surface area (Å²) in [5.74, 6) is -2.17. The predicted molar refractivity (Wildman–Crippen MR) is 74.6 cm³/mol. The molecular weight excluding hydrogens is 320 g/mol. The van der Waals surface area contributed by atoms with Gasteiger partial charge in [0.2, 0.25) is 5.67 Å². The first-order valence-corrected chi connectivity index (χ1v) is 7.23. The molecule has 0 fully saturated rings. The van der Waals surface area contributed by atoms with Crippen LogP contribution in [-0.2, 0) is 14.3 Å². The van der Waals surface area contributed by atoms with E-state index in [-0.39, 0.29) is 6.42 Å². The maximum absolute atomic E-state index is 14.3. The molecule has 1 aliphatic rings. The summed E-state index contributed by atoms with van der Waals surface area (Å²) in [4.78, 5) is 11.8. The molecule has 132 valence electrons. The molecule has 0 aromatic carbocycles. The molecule has 0 saturated heterocycles. The molecule has 0 saturated carbocycles. The molecule has 0 aromatic rings. The van der Waals surface area contributed by atoms with Gasteiger partial charge in [0.15, 0.2) is 6.10 Å². The van der Waals surface area contributed by atoms with Crippen LogP contribution < -0.4 is 0 Å². The van der Waals surface area contributed by atoms with Crippen molar-refractivity contribution >= 4 is 5.97 Å². The van der Waals surface area contributed by atoms with Crippen LogP contribution in [0.15, 0.2) is 24.0 Å². The van der Waals surface area contributed by atoms with Crippen molar-refractivity contribution in [2.45, 2.75) is 50.1 Å². The number of esters is 1. The number of hydrogen-bond donors (Lipinski definition) is 1. The van der Waals surface area contributed by atoms with Crippen LogP contribution in [0.1, 0.15) is 32.1 Å². The van der Waals surface area contributed by atoms with E-state index in [9.17, 15) is 27.5 Å². The number of methoxy groups -OCH3 is 1. The third-order valence-electron chi connectivity index (χ3n) is 3.35. The second-order valence-electron chi connectivity index (χ2n) is 5.32. The molecule has 8 heteroatoms. The Kier molecular flexibility index (Phi) is 7.05. The van der Waals surface area contributed by atoms with Crippen molar-refractivity contribution < 1.29 is 36.9 Å². The molecule has 0 radical (unpaired) electrons. The number of allylic oxidation sites excluding steroid dienone is 2. The van der Waals surface area contributed by atoms with Crippen molar-refractivity contribution in [1.29, 1.82) is 0 Å². The van der Waals surface area contributed by atoms with E-state index in [0.717, 1.165) is 12.2 Å². The van der Waals surface area contributed by atoms with E-state index >= 15 is 0 Å². The fourth-order valence-electron chi connectivity index (χ4n) is 2.10. The highest BCUT2D eigenvalue weighted by Gasteiger charge is 2.47. The van der Waals surface area contributed by atoms with Gasteiger partial charge >= 0.3 is 12.1 Å². The molecule has 4 nitrogen and oxygen atoms in total. The Morgan fingerprint density at radius 3 is 2.65 bits per heavy atom. The summed E-state index contributed by atoms with van der Waals surface area (Å²) in [7, 11) is 1.49. The fraction of sp³-hybridized carbons (Fsp3) is 0.667. The minimum absolute atomic E-state index is 0.168. The van der Waals surface area contributed by atoms with Crippen LogP contribution in [-0.4, -0.2) is 42.7 Å². The van der Waals surface area contributed by atoms with Crippen LogP contribution in [0.5, 0.6) is 0 Å². The fourth-order valence-corrected chi connectivity index (χ4v) is 2.10. The number of ether oxygens (including phenoxy) is 2. The standard InChI is InChI=1S/C15H20F4O4/c1-22-9-4-2-3-7-12(15(17,18)19)23-13(21)14(16)8-5-6-11(20)10-14/h5-6,10,12,20H,2-4,7-9H2,1H3. The summed E-state index contributed by atoms with van der Waals surface area (Å²) < 4.78 is 62.2. The third-order valence-corrected chi connectivity index (χ3v) is 3.35. The molecule has 0 spiro atoms. The molecule has 0 amide bonds. The molecule has 2 unspecified atom stereocenters. The highest BCUT2D eigenvalue weighted by atomic mass is 19.4. The number of carbonyl (C=O) groups is 1. The van der Waals surface area contributed by atoms with Gasteiger partial charge in [-0.05, 0) is 25.3 Å². The molecule has 0 aliphatic heterocycles. The van der Waals surface area contributed by atoms with Gasteiger partial charge in [-0.1, -0.05) is 12.5 Å². The summed E-state index contributed by atoms with van der Waals surface area (Å²) in [6, 6.07) is 0. The highest BCUT2D eigenvalue weighted by Crippen LogP contribution is 2.32. The number of aliphatic hydroxyl groups excluding tert-OH is 1. The van der Waals surface area contributed by atoms with Gasteiger partial charge in [-0.25, -0.2) is 9.18 Å². The van der Waals surface area contributed by atoms with E-state index in [0.29, 0.717) is 25.5 Å². The second kappa shape index (κ2) is 8.33. The van der Waals surface area contributed by atoms with Gasteiger partial charge in [-0.2, -0.15) is 13.2 Å². The average molecular weight is 340 g/mol. The van der Waals surface area contributed by atoms with Gasteiger partial charge in [0.1, 0.15) is 5.76 Å². The molecule has 1 aliphatic carbocycles. The minimum atomic E-state index is -4.77. The number of aliphatic hydroxyl groups is 1. The number of carbonyl (C=O) groups excluding carboxylic acids is 1. The first-order valence-electron chi connectivity index (χ1n) is 7.23. The van der Waals surface area contributed by atoms with Crippen LogP contribution in [0.25, 0.3) is 0 Å². The van der Waals surface area contributed by atoms with Crippen molar-refractivity contribution in [3.63, 3.8) is 0 Å². The quantitative estimate of drug-likeness (QED) is 0.415. The van der Waals surface area contributed by atoms with Crippen molar-refractivity contribution in [1.82, 2.24) is 0 Å². The van der Waals surface area contributed by atoms with Gasteiger partial charge in [-0.3, -0.25) is 0 Å². The molecule has 0 bridgehead atoms. The summed E-state index contributed by atoms with van der Waals surface area (Å²) in [6.07, 6.45) is -3.97. The molecule has 23 heavy (non-hydrogen) atoms. The average Bonchev–Trinajstić information content (AvgIpc) is 2.44. The highest BCUT2D eigenvalue weighted by molar-refractivity contribution is 5.83. The largest absolute Gasteiger partial charge is 0.508 e. The number of unbranched alkanes of at least 4 members (excludes halogenated alkanes) is 2. The van der Waals surface area contributed by atoms with Crippen LogP contribution >= 0.6 is 0 Å². The summed E-state index contributed by atoms with van der Waals surface area (Å²) in [5, 5.41) is 9.20. The van der Waals surface area contributed by atoms with Gasteiger partial charge in [0.05, 0.1) is 0 Å². The van der Waals surface area contributed by atoms with E-state index < -0.39 is 42.5 Å². The van der Waals surface area contributed by atoms with Crippen LogP contribution in [0, 0.1) is 0 Å². The van der Waals surface area contributed by atoms with E-state index in [1.807, 2.05) is 0 Å². The smallest absolute Gasteiger partial charge is 0.425 e. The lowest BCUT2D eigenvalue weighted by Gasteiger charge is -2.26. The summed E-state index contributed by atoms with van der Waals surface area (Å²) in [5.41, 5.74) is -2.78. The Morgan fingerprint density at radius 2 is 2.09 bits per heavy atom. The monoisotopic (exact) mass is 340 g/mol. The topological polar surface area (TPSA) is 55.8 Å². The molecule has 2 atom stereocenters. The first-order chi connectivity index (χ1) is 10.7. The van der Waals surface area contributed by atoms with Gasteiger partial charge < -0.3 is 14.6 Å². The lowest BCUT2D eigenvalue weighted by molar-refractivity contribution is -0.227. The maximum atomic E-state index is 14.3. The number of rotatable bonds is 8. The minimum Gasteiger partial charge on any atom is -0.508 e. The van der Waals surface area contributed by atoms with E-state index in [2.05, 4.69) is 4.74 Å². The Labute approximate surface area is 131 Å². The molecule has 1 N–H and O–H groups in total. The van der Waals surface area contributed by atoms with E-state index in [4.69, 9.17) is 4.74 Å². The summed E-state index contributed by atoms with van der Waals surface area (Å²) in [6.45, 7) is 0.431. The number of hydrogen-bond acceptors (Lipinski definition) is 4. The van der Waals surface area contributed by atoms with Crippen molar-refractivity contribution in [2.75, 3.05) is 13.7 Å². The third kappa shape index (κ3) is 6.21. The van der Waals surface area contributed by atoms with E-state index in [1.165, 1.54) is 7.11 Å². The Morgan fingerprint density at radius 1 is 1.39 bits per heavy atom. The number of halogens is 4. The van der Waals surface area contributed by atoms with Crippen molar-refractivity contribution in [2.24, 2.45) is 0 Å². The van der Waals surface area contributed by atoms with Crippen LogP contribution in [0.2, 0.25) is 0 Å². The molecule has 0 heterocycles. The first kappa shape index (κ1) is 19.5. The normalized spacial score (nSPS) is 22.6. The Balaban J connectivity index is 2.63. The van der Waals surface area contributed by atoms with Crippen molar-refractivity contribution in [3.8, 4) is 0 Å². The Hall–Kier alpha value is -1.57. The lowest BCUT2D eigenvalue weighted by atomic mass is 9.96. The zero-order valence-electron chi connectivity index (χ0n) is 12.7. The van der Waals surface area contributed by atoms with Crippen LogP contribution in [0.3, 0.4) is 0 Å². The SMILES string of the molecule is COCCCCCC(OC(=O)C1(F)C=C(O)C=CC1)C(F)(F)F. The van der Waals surface area contributed by atoms with Gasteiger partial charge in [0, 0.05) is 26.2 Å². The zero-order valence-corrected chi connectivity index (χ0v) is 12.7.